The lowest BCUT2D eigenvalue weighted by Gasteiger charge is -2.12. The van der Waals surface area contributed by atoms with Crippen molar-refractivity contribution in [2.75, 3.05) is 0 Å². The Morgan fingerprint density at radius 2 is 1.92 bits per heavy atom. The molecule has 4 heterocycles. The average Bonchev–Trinajstić information content (AvgIpc) is 3.19. The van der Waals surface area contributed by atoms with Crippen molar-refractivity contribution in [3.05, 3.63) is 67.7 Å². The van der Waals surface area contributed by atoms with Gasteiger partial charge in [-0.25, -0.2) is 9.98 Å². The maximum atomic E-state index is 6.33. The third-order valence-corrected chi connectivity index (χ3v) is 6.00. The summed E-state index contributed by atoms with van der Waals surface area (Å²) in [7, 11) is 0. The average molecular weight is 352 g/mol. The number of aromatic nitrogens is 1. The standard InChI is InChI=1S/C18H16N4S2/c1-10-5-7-20-18-13(10)14(12-4-3-8-23-12)21-15(17(19)22-18)16-11(2)6-9-24-16/h3-9,15H,1-2H3,(H2,19,20,22). The molecule has 0 saturated heterocycles. The van der Waals surface area contributed by atoms with E-state index in [1.807, 2.05) is 12.1 Å². The van der Waals surface area contributed by atoms with Crippen LogP contribution in [0.5, 0.6) is 0 Å². The van der Waals surface area contributed by atoms with Crippen molar-refractivity contribution in [2.45, 2.75) is 19.9 Å². The summed E-state index contributed by atoms with van der Waals surface area (Å²) in [6.07, 6.45) is 1.77. The second-order valence-corrected chi connectivity index (χ2v) is 7.58. The number of fused-ring (bicyclic) bond motifs is 1. The van der Waals surface area contributed by atoms with Gasteiger partial charge in [0.2, 0.25) is 0 Å². The zero-order valence-electron chi connectivity index (χ0n) is 13.4. The molecule has 3 aromatic rings. The van der Waals surface area contributed by atoms with Crippen LogP contribution in [-0.4, -0.2) is 16.5 Å². The minimum Gasteiger partial charge on any atom is -0.385 e. The van der Waals surface area contributed by atoms with Gasteiger partial charge >= 0.3 is 0 Å². The van der Waals surface area contributed by atoms with Crippen molar-refractivity contribution in [1.29, 1.82) is 0 Å². The van der Waals surface area contributed by atoms with Crippen LogP contribution in [-0.2, 0) is 0 Å². The van der Waals surface area contributed by atoms with Crippen LogP contribution < -0.4 is 5.73 Å². The molecule has 1 unspecified atom stereocenters. The first-order valence-electron chi connectivity index (χ1n) is 7.61. The lowest BCUT2D eigenvalue weighted by molar-refractivity contribution is 0.967. The monoisotopic (exact) mass is 352 g/mol. The van der Waals surface area contributed by atoms with E-state index >= 15 is 0 Å². The highest BCUT2D eigenvalue weighted by Gasteiger charge is 2.26. The Hall–Kier alpha value is -2.31. The van der Waals surface area contributed by atoms with Gasteiger partial charge in [-0.3, -0.25) is 4.99 Å². The summed E-state index contributed by atoms with van der Waals surface area (Å²) in [6.45, 7) is 4.15. The van der Waals surface area contributed by atoms with E-state index in [-0.39, 0.29) is 6.04 Å². The minimum absolute atomic E-state index is 0.268. The Morgan fingerprint density at radius 1 is 1.04 bits per heavy atom. The van der Waals surface area contributed by atoms with Crippen LogP contribution in [0.4, 0.5) is 5.82 Å². The first-order chi connectivity index (χ1) is 11.6. The molecule has 4 rings (SSSR count). The summed E-state index contributed by atoms with van der Waals surface area (Å²) in [5.74, 6) is 1.14. The molecule has 0 fully saturated rings. The van der Waals surface area contributed by atoms with Crippen LogP contribution in [0.15, 0.2) is 51.2 Å². The number of aliphatic imine (C=N–C) groups is 2. The summed E-state index contributed by atoms with van der Waals surface area (Å²) in [6, 6.07) is 7.93. The van der Waals surface area contributed by atoms with Gasteiger partial charge < -0.3 is 5.73 Å². The van der Waals surface area contributed by atoms with Gasteiger partial charge in [0.15, 0.2) is 5.82 Å². The van der Waals surface area contributed by atoms with E-state index in [4.69, 9.17) is 10.7 Å². The molecule has 0 saturated carbocycles. The normalized spacial score (nSPS) is 17.0. The molecule has 0 aliphatic carbocycles. The highest BCUT2D eigenvalue weighted by Crippen LogP contribution is 2.35. The van der Waals surface area contributed by atoms with E-state index < -0.39 is 0 Å². The Labute approximate surface area is 148 Å². The fraction of sp³-hybridized carbons (Fsp3) is 0.167. The summed E-state index contributed by atoms with van der Waals surface area (Å²) < 4.78 is 0. The molecule has 4 nitrogen and oxygen atoms in total. The molecule has 0 aromatic carbocycles. The largest absolute Gasteiger partial charge is 0.385 e. The molecule has 24 heavy (non-hydrogen) atoms. The lowest BCUT2D eigenvalue weighted by atomic mass is 10.0. The van der Waals surface area contributed by atoms with Crippen molar-refractivity contribution in [2.24, 2.45) is 15.7 Å². The number of thiophene rings is 2. The SMILES string of the molecule is Cc1ccsc1C1N=C(c2cccs2)c2c(C)ccnc2N=C1N. The van der Waals surface area contributed by atoms with E-state index in [1.54, 1.807) is 28.9 Å². The second kappa shape index (κ2) is 5.96. The van der Waals surface area contributed by atoms with Crippen molar-refractivity contribution in [3.63, 3.8) is 0 Å². The Morgan fingerprint density at radius 3 is 2.62 bits per heavy atom. The quantitative estimate of drug-likeness (QED) is 0.743. The van der Waals surface area contributed by atoms with Crippen LogP contribution in [0.25, 0.3) is 0 Å². The van der Waals surface area contributed by atoms with Gasteiger partial charge in [0.25, 0.3) is 0 Å². The van der Waals surface area contributed by atoms with Crippen molar-refractivity contribution >= 4 is 40.0 Å². The number of hydrogen-bond donors (Lipinski definition) is 1. The zero-order chi connectivity index (χ0) is 16.7. The molecular formula is C18H16N4S2. The van der Waals surface area contributed by atoms with Gasteiger partial charge in [0, 0.05) is 16.6 Å². The van der Waals surface area contributed by atoms with Gasteiger partial charge in [0.05, 0.1) is 10.6 Å². The molecule has 1 aliphatic rings. The van der Waals surface area contributed by atoms with E-state index in [0.717, 1.165) is 26.6 Å². The first-order valence-corrected chi connectivity index (χ1v) is 9.37. The molecule has 6 heteroatoms. The number of nitrogens with zero attached hydrogens (tertiary/aromatic N) is 3. The zero-order valence-corrected chi connectivity index (χ0v) is 15.0. The van der Waals surface area contributed by atoms with Gasteiger partial charge in [-0.15, -0.1) is 22.7 Å². The second-order valence-electron chi connectivity index (χ2n) is 5.69. The molecular weight excluding hydrogens is 336 g/mol. The molecule has 0 amide bonds. The number of nitrogens with two attached hydrogens (primary N) is 1. The van der Waals surface area contributed by atoms with Crippen molar-refractivity contribution < 1.29 is 0 Å². The van der Waals surface area contributed by atoms with Gasteiger partial charge in [0.1, 0.15) is 11.9 Å². The highest BCUT2D eigenvalue weighted by molar-refractivity contribution is 7.12. The van der Waals surface area contributed by atoms with Crippen LogP contribution >= 0.6 is 22.7 Å². The Bertz CT molecular complexity index is 951. The molecule has 0 bridgehead atoms. The van der Waals surface area contributed by atoms with Gasteiger partial charge in [-0.2, -0.15) is 0 Å². The summed E-state index contributed by atoms with van der Waals surface area (Å²) >= 11 is 3.34. The van der Waals surface area contributed by atoms with E-state index in [2.05, 4.69) is 46.7 Å². The maximum absolute atomic E-state index is 6.33. The van der Waals surface area contributed by atoms with Gasteiger partial charge in [-0.1, -0.05) is 6.07 Å². The lowest BCUT2D eigenvalue weighted by Crippen LogP contribution is -2.20. The van der Waals surface area contributed by atoms with Gasteiger partial charge in [-0.05, 0) is 53.9 Å². The van der Waals surface area contributed by atoms with E-state index in [0.29, 0.717) is 11.7 Å². The Kier molecular flexibility index (Phi) is 3.78. The maximum Gasteiger partial charge on any atom is 0.163 e. The van der Waals surface area contributed by atoms with Crippen LogP contribution in [0.3, 0.4) is 0 Å². The summed E-state index contributed by atoms with van der Waals surface area (Å²) in [5.41, 5.74) is 10.5. The molecule has 3 aromatic heterocycles. The summed E-state index contributed by atoms with van der Waals surface area (Å²) in [4.78, 5) is 16.4. The third-order valence-electron chi connectivity index (χ3n) is 4.05. The predicted octanol–water partition coefficient (Wildman–Crippen LogP) is 4.40. The molecule has 120 valence electrons. The highest BCUT2D eigenvalue weighted by atomic mass is 32.1. The fourth-order valence-corrected chi connectivity index (χ4v) is 4.52. The van der Waals surface area contributed by atoms with Crippen molar-refractivity contribution in [3.8, 4) is 0 Å². The molecule has 0 radical (unpaired) electrons. The summed E-state index contributed by atoms with van der Waals surface area (Å²) in [5, 5.41) is 4.13. The Balaban J connectivity index is 2.00. The molecule has 2 N–H and O–H groups in total. The van der Waals surface area contributed by atoms with Crippen molar-refractivity contribution in [1.82, 2.24) is 4.98 Å². The molecule has 0 spiro atoms. The third kappa shape index (κ3) is 2.48. The van der Waals surface area contributed by atoms with E-state index in [1.165, 1.54) is 5.56 Å². The van der Waals surface area contributed by atoms with Crippen LogP contribution in [0.2, 0.25) is 0 Å². The van der Waals surface area contributed by atoms with Crippen LogP contribution in [0, 0.1) is 13.8 Å². The minimum atomic E-state index is -0.268. The smallest absolute Gasteiger partial charge is 0.163 e. The van der Waals surface area contributed by atoms with Crippen LogP contribution in [0.1, 0.15) is 32.5 Å². The topological polar surface area (TPSA) is 63.6 Å². The number of hydrogen-bond acceptors (Lipinski definition) is 6. The number of aryl methyl sites for hydroxylation is 2. The van der Waals surface area contributed by atoms with E-state index in [9.17, 15) is 0 Å². The predicted molar refractivity (Wildman–Crippen MR) is 102 cm³/mol. The number of amidine groups is 1. The molecule has 1 atom stereocenters. The fourth-order valence-electron chi connectivity index (χ4n) is 2.82. The molecule has 1 aliphatic heterocycles. The first kappa shape index (κ1) is 15.2. The number of pyridine rings is 1. The number of rotatable bonds is 2.